The number of esters is 1. The second-order valence-electron chi connectivity index (χ2n) is 7.20. The maximum atomic E-state index is 12.3. The van der Waals surface area contributed by atoms with Gasteiger partial charge in [-0.05, 0) is 50.9 Å². The SMILES string of the molecule is C=C1CC/C=C(\C)CCC2[C@H](C/C=C/C(C)C)C(=O)OC[C@@H]12. The van der Waals surface area contributed by atoms with Gasteiger partial charge in [-0.25, -0.2) is 0 Å². The van der Waals surface area contributed by atoms with Crippen molar-refractivity contribution in [1.29, 1.82) is 0 Å². The summed E-state index contributed by atoms with van der Waals surface area (Å²) in [4.78, 5) is 12.3. The number of hydrogen-bond acceptors (Lipinski definition) is 2. The van der Waals surface area contributed by atoms with Crippen LogP contribution in [0.2, 0.25) is 0 Å². The topological polar surface area (TPSA) is 26.3 Å². The van der Waals surface area contributed by atoms with Gasteiger partial charge in [0.05, 0.1) is 12.5 Å². The van der Waals surface area contributed by atoms with Gasteiger partial charge in [-0.3, -0.25) is 4.79 Å². The van der Waals surface area contributed by atoms with Crippen molar-refractivity contribution in [2.75, 3.05) is 6.61 Å². The summed E-state index contributed by atoms with van der Waals surface area (Å²) in [5.41, 5.74) is 2.71. The van der Waals surface area contributed by atoms with E-state index in [9.17, 15) is 4.79 Å². The number of fused-ring (bicyclic) bond motifs is 1. The van der Waals surface area contributed by atoms with E-state index in [1.54, 1.807) is 0 Å². The summed E-state index contributed by atoms with van der Waals surface area (Å²) in [5.74, 6) is 1.23. The highest BCUT2D eigenvalue weighted by molar-refractivity contribution is 5.74. The van der Waals surface area contributed by atoms with Crippen LogP contribution in [-0.4, -0.2) is 12.6 Å². The Morgan fingerprint density at radius 2 is 2.18 bits per heavy atom. The molecule has 2 nitrogen and oxygen atoms in total. The molecule has 2 heteroatoms. The fraction of sp³-hybridized carbons (Fsp3) is 0.650. The Hall–Kier alpha value is -1.31. The quantitative estimate of drug-likeness (QED) is 0.537. The summed E-state index contributed by atoms with van der Waals surface area (Å²) in [6.07, 6.45) is 11.7. The van der Waals surface area contributed by atoms with Crippen molar-refractivity contribution in [2.45, 2.75) is 52.9 Å². The first-order valence-electron chi connectivity index (χ1n) is 8.65. The van der Waals surface area contributed by atoms with Crippen molar-refractivity contribution >= 4 is 5.97 Å². The van der Waals surface area contributed by atoms with Crippen molar-refractivity contribution in [3.63, 3.8) is 0 Å². The Balaban J connectivity index is 2.17. The van der Waals surface area contributed by atoms with E-state index in [0.717, 1.165) is 32.1 Å². The first-order chi connectivity index (χ1) is 10.5. The Morgan fingerprint density at radius 1 is 1.41 bits per heavy atom. The average Bonchev–Trinajstić information content (AvgIpc) is 2.52. The Labute approximate surface area is 135 Å². The zero-order valence-electron chi connectivity index (χ0n) is 14.3. The molecule has 0 amide bonds. The molecule has 1 fully saturated rings. The van der Waals surface area contributed by atoms with Crippen LogP contribution in [0.25, 0.3) is 0 Å². The van der Waals surface area contributed by atoms with E-state index in [4.69, 9.17) is 4.74 Å². The highest BCUT2D eigenvalue weighted by Crippen LogP contribution is 2.40. The standard InChI is InChI=1S/C20H30O2/c1-14(2)7-5-10-18-17-12-11-15(3)8-6-9-16(4)19(17)13-22-20(18)21/h5,7-8,14,17-19H,4,6,9-13H2,1-3H3/b7-5+,15-8+/t17?,18-,19-/m0/s1. The van der Waals surface area contributed by atoms with Crippen LogP contribution in [0.15, 0.2) is 36.0 Å². The van der Waals surface area contributed by atoms with E-state index in [1.807, 2.05) is 0 Å². The van der Waals surface area contributed by atoms with Gasteiger partial charge in [0, 0.05) is 5.92 Å². The van der Waals surface area contributed by atoms with Crippen molar-refractivity contribution < 1.29 is 9.53 Å². The van der Waals surface area contributed by atoms with Gasteiger partial charge in [0.25, 0.3) is 0 Å². The van der Waals surface area contributed by atoms with Gasteiger partial charge >= 0.3 is 5.97 Å². The van der Waals surface area contributed by atoms with Crippen LogP contribution < -0.4 is 0 Å². The summed E-state index contributed by atoms with van der Waals surface area (Å²) in [6.45, 7) is 11.4. The smallest absolute Gasteiger partial charge is 0.309 e. The van der Waals surface area contributed by atoms with Gasteiger partial charge < -0.3 is 4.74 Å². The lowest BCUT2D eigenvalue weighted by Crippen LogP contribution is -2.40. The van der Waals surface area contributed by atoms with Gasteiger partial charge in [-0.2, -0.15) is 0 Å². The van der Waals surface area contributed by atoms with Crippen molar-refractivity contribution in [3.05, 3.63) is 36.0 Å². The molecule has 1 unspecified atom stereocenters. The minimum absolute atomic E-state index is 0.00333. The fourth-order valence-electron chi connectivity index (χ4n) is 3.63. The van der Waals surface area contributed by atoms with Crippen LogP contribution in [0, 0.1) is 23.7 Å². The molecule has 2 aliphatic rings. The second-order valence-corrected chi connectivity index (χ2v) is 7.20. The second kappa shape index (κ2) is 7.80. The summed E-state index contributed by atoms with van der Waals surface area (Å²) >= 11 is 0. The molecule has 1 saturated heterocycles. The zero-order chi connectivity index (χ0) is 16.1. The van der Waals surface area contributed by atoms with Gasteiger partial charge in [0.15, 0.2) is 0 Å². The number of rotatable bonds is 3. The first kappa shape index (κ1) is 17.1. The van der Waals surface area contributed by atoms with E-state index >= 15 is 0 Å². The molecule has 0 aromatic heterocycles. The Morgan fingerprint density at radius 3 is 2.91 bits per heavy atom. The number of carbonyl (C=O) groups is 1. The predicted octanol–water partition coefficient (Wildman–Crippen LogP) is 5.07. The third-order valence-electron chi connectivity index (χ3n) is 5.01. The Bertz CT molecular complexity index is 470. The lowest BCUT2D eigenvalue weighted by molar-refractivity contribution is -0.160. The third kappa shape index (κ3) is 4.34. The molecule has 0 spiro atoms. The van der Waals surface area contributed by atoms with Gasteiger partial charge in [0.2, 0.25) is 0 Å². The number of allylic oxidation sites excluding steroid dienone is 4. The third-order valence-corrected chi connectivity index (χ3v) is 5.01. The lowest BCUT2D eigenvalue weighted by Gasteiger charge is -2.37. The molecule has 0 bridgehead atoms. The molecule has 2 rings (SSSR count). The summed E-state index contributed by atoms with van der Waals surface area (Å²) in [6, 6.07) is 0. The minimum Gasteiger partial charge on any atom is -0.465 e. The molecule has 122 valence electrons. The molecule has 0 aromatic carbocycles. The predicted molar refractivity (Wildman–Crippen MR) is 91.4 cm³/mol. The molecule has 0 radical (unpaired) electrons. The number of hydrogen-bond donors (Lipinski definition) is 0. The van der Waals surface area contributed by atoms with Crippen molar-refractivity contribution in [2.24, 2.45) is 23.7 Å². The van der Waals surface area contributed by atoms with E-state index in [0.29, 0.717) is 24.4 Å². The van der Waals surface area contributed by atoms with Crippen LogP contribution in [0.5, 0.6) is 0 Å². The highest BCUT2D eigenvalue weighted by atomic mass is 16.5. The maximum Gasteiger partial charge on any atom is 0.309 e. The summed E-state index contributed by atoms with van der Waals surface area (Å²) in [7, 11) is 0. The molecule has 0 saturated carbocycles. The van der Waals surface area contributed by atoms with Crippen molar-refractivity contribution in [3.8, 4) is 0 Å². The number of ether oxygens (including phenoxy) is 1. The lowest BCUT2D eigenvalue weighted by atomic mass is 9.72. The molecule has 0 aromatic rings. The molecule has 0 N–H and O–H groups in total. The molecule has 22 heavy (non-hydrogen) atoms. The minimum atomic E-state index is -0.0108. The largest absolute Gasteiger partial charge is 0.465 e. The molecule has 1 heterocycles. The normalized spacial score (nSPS) is 32.7. The van der Waals surface area contributed by atoms with Crippen LogP contribution in [0.1, 0.15) is 52.9 Å². The van der Waals surface area contributed by atoms with E-state index in [2.05, 4.69) is 45.6 Å². The number of cyclic esters (lactones) is 1. The molecule has 1 aliphatic carbocycles. The van der Waals surface area contributed by atoms with E-state index in [-0.39, 0.29) is 11.9 Å². The zero-order valence-corrected chi connectivity index (χ0v) is 14.3. The molecular weight excluding hydrogens is 272 g/mol. The summed E-state index contributed by atoms with van der Waals surface area (Å²) in [5, 5.41) is 0. The fourth-order valence-corrected chi connectivity index (χ4v) is 3.63. The van der Waals surface area contributed by atoms with Crippen LogP contribution >= 0.6 is 0 Å². The van der Waals surface area contributed by atoms with Gasteiger partial charge in [0.1, 0.15) is 0 Å². The van der Waals surface area contributed by atoms with E-state index in [1.165, 1.54) is 11.1 Å². The van der Waals surface area contributed by atoms with E-state index < -0.39 is 0 Å². The molecular formula is C20H30O2. The first-order valence-corrected chi connectivity index (χ1v) is 8.65. The summed E-state index contributed by atoms with van der Waals surface area (Å²) < 4.78 is 5.50. The monoisotopic (exact) mass is 302 g/mol. The van der Waals surface area contributed by atoms with Crippen LogP contribution in [0.4, 0.5) is 0 Å². The van der Waals surface area contributed by atoms with Crippen LogP contribution in [-0.2, 0) is 9.53 Å². The number of carbonyl (C=O) groups excluding carboxylic acids is 1. The molecule has 3 atom stereocenters. The maximum absolute atomic E-state index is 12.3. The Kier molecular flexibility index (Phi) is 6.05. The van der Waals surface area contributed by atoms with Crippen molar-refractivity contribution in [1.82, 2.24) is 0 Å². The highest BCUT2D eigenvalue weighted by Gasteiger charge is 2.40. The molecule has 1 aliphatic heterocycles. The van der Waals surface area contributed by atoms with Gasteiger partial charge in [-0.15, -0.1) is 0 Å². The van der Waals surface area contributed by atoms with Crippen LogP contribution in [0.3, 0.4) is 0 Å². The average molecular weight is 302 g/mol. The van der Waals surface area contributed by atoms with Gasteiger partial charge in [-0.1, -0.05) is 49.8 Å².